The highest BCUT2D eigenvalue weighted by Crippen LogP contribution is 2.61. The summed E-state index contributed by atoms with van der Waals surface area (Å²) in [4.78, 5) is 19.1. The molecule has 5 nitrogen and oxygen atoms in total. The van der Waals surface area contributed by atoms with Crippen LogP contribution in [0.5, 0.6) is 0 Å². The summed E-state index contributed by atoms with van der Waals surface area (Å²) in [6.07, 6.45) is 5.38. The number of nitrogens with zero attached hydrogens (tertiary/aromatic N) is 3. The molecule has 0 aromatic heterocycles. The standard InChI is InChI=1S/C29H40N4O/c1-28(23-8-5-4-6-9-23)22-29(28,2)31(3)25-15-19-32(20-16-25)21-17-30-24-11-13-26(14-12-24)33-18-7-10-27(33)34/h4-6,8-9,11-14,25,30H,7,10,15-22H2,1-3H3/t28-,29+/m0/s1. The van der Waals surface area contributed by atoms with Gasteiger partial charge in [-0.2, -0.15) is 0 Å². The zero-order valence-corrected chi connectivity index (χ0v) is 21.1. The number of likely N-dealkylation sites (N-methyl/N-ethyl adjacent to an activating group) is 1. The van der Waals surface area contributed by atoms with E-state index < -0.39 is 0 Å². The highest BCUT2D eigenvalue weighted by molar-refractivity contribution is 5.95. The molecule has 3 aliphatic rings. The Morgan fingerprint density at radius 1 is 1.00 bits per heavy atom. The fraction of sp³-hybridized carbons (Fsp3) is 0.552. The van der Waals surface area contributed by atoms with Crippen molar-refractivity contribution in [1.29, 1.82) is 0 Å². The molecule has 2 aromatic carbocycles. The highest BCUT2D eigenvalue weighted by Gasteiger charge is 2.64. The van der Waals surface area contributed by atoms with E-state index in [-0.39, 0.29) is 16.9 Å². The molecule has 5 heteroatoms. The molecule has 1 saturated carbocycles. The Morgan fingerprint density at radius 3 is 2.35 bits per heavy atom. The second-order valence-electron chi connectivity index (χ2n) is 11.0. The Bertz CT molecular complexity index is 985. The van der Waals surface area contributed by atoms with Crippen molar-refractivity contribution < 1.29 is 4.79 Å². The topological polar surface area (TPSA) is 38.8 Å². The molecule has 1 amide bonds. The number of hydrogen-bond donors (Lipinski definition) is 1. The van der Waals surface area contributed by atoms with Crippen molar-refractivity contribution in [3.8, 4) is 0 Å². The number of amides is 1. The van der Waals surface area contributed by atoms with E-state index >= 15 is 0 Å². The molecule has 34 heavy (non-hydrogen) atoms. The molecule has 182 valence electrons. The molecule has 0 bridgehead atoms. The van der Waals surface area contributed by atoms with Gasteiger partial charge >= 0.3 is 0 Å². The molecule has 2 aliphatic heterocycles. The molecular formula is C29H40N4O. The number of carbonyl (C=O) groups excluding carboxylic acids is 1. The van der Waals surface area contributed by atoms with Crippen LogP contribution in [0.4, 0.5) is 11.4 Å². The number of hydrogen-bond acceptors (Lipinski definition) is 4. The molecular weight excluding hydrogens is 420 g/mol. The average Bonchev–Trinajstić information content (AvgIpc) is 3.20. The molecule has 2 saturated heterocycles. The van der Waals surface area contributed by atoms with Gasteiger partial charge in [0.25, 0.3) is 0 Å². The summed E-state index contributed by atoms with van der Waals surface area (Å²) in [6, 6.07) is 20.1. The van der Waals surface area contributed by atoms with Crippen molar-refractivity contribution in [2.24, 2.45) is 0 Å². The monoisotopic (exact) mass is 460 g/mol. The minimum absolute atomic E-state index is 0.245. The summed E-state index contributed by atoms with van der Waals surface area (Å²) < 4.78 is 0. The Labute approximate surface area is 205 Å². The number of likely N-dealkylation sites (tertiary alicyclic amines) is 1. The molecule has 3 fully saturated rings. The van der Waals surface area contributed by atoms with E-state index in [0.29, 0.717) is 12.5 Å². The van der Waals surface area contributed by atoms with E-state index in [9.17, 15) is 4.79 Å². The molecule has 0 spiro atoms. The van der Waals surface area contributed by atoms with Crippen LogP contribution in [-0.4, -0.2) is 67.1 Å². The maximum absolute atomic E-state index is 11.9. The normalized spacial score (nSPS) is 28.0. The predicted octanol–water partition coefficient (Wildman–Crippen LogP) is 4.74. The van der Waals surface area contributed by atoms with Crippen LogP contribution in [0.25, 0.3) is 0 Å². The lowest BCUT2D eigenvalue weighted by atomic mass is 9.91. The fourth-order valence-corrected chi connectivity index (χ4v) is 6.35. The fourth-order valence-electron chi connectivity index (χ4n) is 6.35. The van der Waals surface area contributed by atoms with E-state index in [0.717, 1.165) is 37.4 Å². The first-order valence-corrected chi connectivity index (χ1v) is 13.1. The first-order valence-electron chi connectivity index (χ1n) is 13.1. The molecule has 1 aliphatic carbocycles. The van der Waals surface area contributed by atoms with Gasteiger partial charge in [0.1, 0.15) is 0 Å². The smallest absolute Gasteiger partial charge is 0.227 e. The third kappa shape index (κ3) is 4.36. The Balaban J connectivity index is 1.06. The van der Waals surface area contributed by atoms with Gasteiger partial charge in [-0.15, -0.1) is 0 Å². The van der Waals surface area contributed by atoms with Gasteiger partial charge in [-0.3, -0.25) is 9.69 Å². The van der Waals surface area contributed by atoms with Crippen molar-refractivity contribution in [2.45, 2.75) is 62.9 Å². The molecule has 1 N–H and O–H groups in total. The van der Waals surface area contributed by atoms with Crippen LogP contribution in [0.2, 0.25) is 0 Å². The van der Waals surface area contributed by atoms with Gasteiger partial charge in [0.2, 0.25) is 5.91 Å². The molecule has 5 rings (SSSR count). The number of anilines is 2. The minimum atomic E-state index is 0.245. The van der Waals surface area contributed by atoms with Crippen LogP contribution in [0.15, 0.2) is 54.6 Å². The summed E-state index contributed by atoms with van der Waals surface area (Å²) in [5.41, 5.74) is 4.16. The van der Waals surface area contributed by atoms with Crippen molar-refractivity contribution in [1.82, 2.24) is 9.80 Å². The number of piperidine rings is 1. The Hall–Kier alpha value is -2.37. The van der Waals surface area contributed by atoms with Crippen LogP contribution >= 0.6 is 0 Å². The van der Waals surface area contributed by atoms with E-state index in [1.807, 2.05) is 4.90 Å². The van der Waals surface area contributed by atoms with E-state index in [1.54, 1.807) is 0 Å². The third-order valence-corrected chi connectivity index (χ3v) is 9.07. The molecule has 2 heterocycles. The lowest BCUT2D eigenvalue weighted by Crippen LogP contribution is -2.50. The Kier molecular flexibility index (Phi) is 6.43. The van der Waals surface area contributed by atoms with Crippen molar-refractivity contribution in [3.05, 3.63) is 60.2 Å². The van der Waals surface area contributed by atoms with Crippen LogP contribution in [0, 0.1) is 0 Å². The van der Waals surface area contributed by atoms with Gasteiger partial charge < -0.3 is 15.1 Å². The first-order chi connectivity index (χ1) is 16.4. The van der Waals surface area contributed by atoms with E-state index in [1.165, 1.54) is 37.9 Å². The lowest BCUT2D eigenvalue weighted by Gasteiger charge is -2.41. The molecule has 2 aromatic rings. The van der Waals surface area contributed by atoms with Crippen molar-refractivity contribution >= 4 is 17.3 Å². The highest BCUT2D eigenvalue weighted by atomic mass is 16.2. The van der Waals surface area contributed by atoms with Gasteiger partial charge in [-0.05, 0) is 82.6 Å². The minimum Gasteiger partial charge on any atom is -0.384 e. The Morgan fingerprint density at radius 2 is 1.71 bits per heavy atom. The van der Waals surface area contributed by atoms with Gasteiger partial charge in [-0.25, -0.2) is 0 Å². The summed E-state index contributed by atoms with van der Waals surface area (Å²) in [5, 5.41) is 3.56. The maximum Gasteiger partial charge on any atom is 0.227 e. The molecule has 2 atom stereocenters. The van der Waals surface area contributed by atoms with E-state index in [2.05, 4.69) is 90.6 Å². The second-order valence-corrected chi connectivity index (χ2v) is 11.0. The number of rotatable bonds is 8. The molecule has 0 radical (unpaired) electrons. The largest absolute Gasteiger partial charge is 0.384 e. The second kappa shape index (κ2) is 9.35. The zero-order valence-electron chi connectivity index (χ0n) is 21.1. The SMILES string of the molecule is CN(C1CCN(CCNc2ccc(N3CCCC3=O)cc2)CC1)[C@]1(C)C[C@@]1(C)c1ccccc1. The first kappa shape index (κ1) is 23.4. The quantitative estimate of drug-likeness (QED) is 0.618. The lowest BCUT2D eigenvalue weighted by molar-refractivity contribution is -0.117. The average molecular weight is 461 g/mol. The van der Waals surface area contributed by atoms with Gasteiger partial charge in [0.05, 0.1) is 0 Å². The number of nitrogens with one attached hydrogen (secondary N) is 1. The molecule has 0 unspecified atom stereocenters. The number of benzene rings is 2. The summed E-state index contributed by atoms with van der Waals surface area (Å²) >= 11 is 0. The maximum atomic E-state index is 11.9. The zero-order chi connectivity index (χ0) is 23.8. The summed E-state index contributed by atoms with van der Waals surface area (Å²) in [6.45, 7) is 10.1. The van der Waals surface area contributed by atoms with Crippen molar-refractivity contribution in [3.63, 3.8) is 0 Å². The van der Waals surface area contributed by atoms with E-state index in [4.69, 9.17) is 0 Å². The summed E-state index contributed by atoms with van der Waals surface area (Å²) in [5.74, 6) is 0.245. The van der Waals surface area contributed by atoms with Gasteiger partial charge in [0, 0.05) is 54.4 Å². The third-order valence-electron chi connectivity index (χ3n) is 9.07. The van der Waals surface area contributed by atoms with Crippen molar-refractivity contribution in [2.75, 3.05) is 50.0 Å². The van der Waals surface area contributed by atoms with Crippen LogP contribution in [-0.2, 0) is 10.2 Å². The van der Waals surface area contributed by atoms with Gasteiger partial charge in [-0.1, -0.05) is 37.3 Å². The number of carbonyl (C=O) groups is 1. The van der Waals surface area contributed by atoms with Crippen LogP contribution in [0.1, 0.15) is 51.5 Å². The van der Waals surface area contributed by atoms with Crippen LogP contribution < -0.4 is 10.2 Å². The predicted molar refractivity (Wildman–Crippen MR) is 141 cm³/mol. The summed E-state index contributed by atoms with van der Waals surface area (Å²) in [7, 11) is 2.36. The van der Waals surface area contributed by atoms with Crippen LogP contribution in [0.3, 0.4) is 0 Å². The van der Waals surface area contributed by atoms with Gasteiger partial charge in [0.15, 0.2) is 0 Å².